The summed E-state index contributed by atoms with van der Waals surface area (Å²) in [5.41, 5.74) is -1.51. The fourth-order valence-corrected chi connectivity index (χ4v) is 8.20. The van der Waals surface area contributed by atoms with E-state index < -0.39 is 62.1 Å². The minimum atomic E-state index is -3.88. The molecule has 0 unspecified atom stereocenters. The Morgan fingerprint density at radius 2 is 1.85 bits per heavy atom. The number of rotatable bonds is 13. The fraction of sp³-hybridized carbons (Fsp3) is 0.459. The number of likely N-dealkylation sites (tertiary alicyclic amines) is 1. The van der Waals surface area contributed by atoms with Crippen LogP contribution in [0, 0.1) is 11.3 Å². The highest BCUT2D eigenvalue weighted by Crippen LogP contribution is 2.46. The summed E-state index contributed by atoms with van der Waals surface area (Å²) < 4.78 is 44.9. The summed E-state index contributed by atoms with van der Waals surface area (Å²) in [7, 11) is -0.796. The van der Waals surface area contributed by atoms with Crippen molar-refractivity contribution < 1.29 is 37.0 Å². The largest absolute Gasteiger partial charge is 0.497 e. The van der Waals surface area contributed by atoms with Crippen LogP contribution in [0.3, 0.4) is 0 Å². The Bertz CT molecular complexity index is 2020. The number of fused-ring (bicyclic) bond motifs is 1. The molecule has 3 aliphatic rings. The highest BCUT2D eigenvalue weighted by Gasteiger charge is 2.62. The smallest absolute Gasteiger partial charge is 0.259 e. The summed E-state index contributed by atoms with van der Waals surface area (Å²) in [5, 5.41) is 7.31. The maximum atomic E-state index is 14.7. The molecule has 52 heavy (non-hydrogen) atoms. The summed E-state index contributed by atoms with van der Waals surface area (Å²) >= 11 is 6.35. The van der Waals surface area contributed by atoms with Gasteiger partial charge in [-0.3, -0.25) is 19.1 Å². The van der Waals surface area contributed by atoms with Crippen LogP contribution >= 0.6 is 11.6 Å². The molecule has 0 bridgehead atoms. The number of ether oxygens (including phenoxy) is 3. The number of sulfonamides is 1. The highest BCUT2D eigenvalue weighted by atomic mass is 35.5. The van der Waals surface area contributed by atoms with E-state index >= 15 is 0 Å². The first kappa shape index (κ1) is 37.2. The Balaban J connectivity index is 1.32. The van der Waals surface area contributed by atoms with Crippen molar-refractivity contribution in [3.63, 3.8) is 0 Å². The van der Waals surface area contributed by atoms with Crippen molar-refractivity contribution in [3.05, 3.63) is 66.3 Å². The number of carbonyl (C=O) groups excluding carboxylic acids is 3. The molecule has 1 aromatic heterocycles. The van der Waals surface area contributed by atoms with Crippen molar-refractivity contribution in [1.82, 2.24) is 19.9 Å². The lowest BCUT2D eigenvalue weighted by Crippen LogP contribution is -2.58. The molecule has 2 saturated carbocycles. The van der Waals surface area contributed by atoms with Crippen LogP contribution in [0.4, 0.5) is 5.69 Å². The quantitative estimate of drug-likeness (QED) is 0.213. The van der Waals surface area contributed by atoms with Crippen molar-refractivity contribution in [1.29, 1.82) is 0 Å². The molecule has 1 aliphatic heterocycles. The van der Waals surface area contributed by atoms with Crippen molar-refractivity contribution in [3.8, 4) is 17.4 Å². The highest BCUT2D eigenvalue weighted by molar-refractivity contribution is 7.91. The molecule has 1 saturated heterocycles. The molecule has 3 N–H and O–H groups in total. The van der Waals surface area contributed by atoms with Crippen LogP contribution in [0.5, 0.6) is 17.4 Å². The number of carbonyl (C=O) groups is 3. The van der Waals surface area contributed by atoms with Gasteiger partial charge in [0.05, 0.1) is 32.2 Å². The summed E-state index contributed by atoms with van der Waals surface area (Å²) in [6.45, 7) is 9.54. The van der Waals surface area contributed by atoms with Crippen molar-refractivity contribution in [2.24, 2.45) is 11.3 Å². The van der Waals surface area contributed by atoms with Gasteiger partial charge in [0.2, 0.25) is 27.7 Å². The van der Waals surface area contributed by atoms with E-state index in [1.807, 2.05) is 26.8 Å². The van der Waals surface area contributed by atoms with E-state index in [1.165, 1.54) is 24.3 Å². The number of methoxy groups -OCH3 is 2. The Morgan fingerprint density at radius 3 is 2.48 bits per heavy atom. The SMILES string of the molecule is C=C[C@@H]1C[C@]1(NC(=O)[C@@H]1C[C@@H](Oc2ncc(OC)c3ccc(Cl)cc23)CN1C(=O)[C@H](Nc1cccc(OC)c1)C(C)(C)C)C(=O)NS(=O)(=O)C1CC1. The topological polar surface area (TPSA) is 165 Å². The number of benzene rings is 2. The maximum absolute atomic E-state index is 14.7. The molecule has 0 spiro atoms. The average Bonchev–Trinajstić information content (AvgIpc) is 4.03. The van der Waals surface area contributed by atoms with E-state index in [4.69, 9.17) is 25.8 Å². The van der Waals surface area contributed by atoms with E-state index in [9.17, 15) is 22.8 Å². The van der Waals surface area contributed by atoms with Crippen LogP contribution in [0.1, 0.15) is 46.5 Å². The van der Waals surface area contributed by atoms with E-state index in [0.29, 0.717) is 45.8 Å². The van der Waals surface area contributed by atoms with Crippen molar-refractivity contribution in [2.75, 3.05) is 26.1 Å². The van der Waals surface area contributed by atoms with Gasteiger partial charge >= 0.3 is 0 Å². The number of halogens is 1. The minimum Gasteiger partial charge on any atom is -0.497 e. The predicted octanol–water partition coefficient (Wildman–Crippen LogP) is 4.45. The van der Waals surface area contributed by atoms with Crippen LogP contribution in [-0.2, 0) is 24.4 Å². The summed E-state index contributed by atoms with van der Waals surface area (Å²) in [5.74, 6) is -0.946. The summed E-state index contributed by atoms with van der Waals surface area (Å²) in [4.78, 5) is 48.5. The van der Waals surface area contributed by atoms with Crippen LogP contribution < -0.4 is 29.6 Å². The third-order valence-corrected chi connectivity index (χ3v) is 11.9. The van der Waals surface area contributed by atoms with Gasteiger partial charge in [-0.25, -0.2) is 13.4 Å². The molecule has 13 nitrogen and oxygen atoms in total. The van der Waals surface area contributed by atoms with E-state index in [0.717, 1.165) is 0 Å². The number of nitrogens with zero attached hydrogens (tertiary/aromatic N) is 2. The third kappa shape index (κ3) is 7.49. The molecule has 2 heterocycles. The molecule has 2 aliphatic carbocycles. The van der Waals surface area contributed by atoms with Crippen molar-refractivity contribution >= 4 is 55.8 Å². The first-order valence-electron chi connectivity index (χ1n) is 17.1. The van der Waals surface area contributed by atoms with Gasteiger partial charge in [-0.2, -0.15) is 0 Å². The van der Waals surface area contributed by atoms with Gasteiger partial charge in [-0.05, 0) is 55.0 Å². The number of anilines is 1. The Labute approximate surface area is 308 Å². The average molecular weight is 754 g/mol. The molecule has 5 atom stereocenters. The lowest BCUT2D eigenvalue weighted by Gasteiger charge is -2.36. The zero-order chi connectivity index (χ0) is 37.6. The van der Waals surface area contributed by atoms with Crippen LogP contribution in [0.15, 0.2) is 61.3 Å². The third-order valence-electron chi connectivity index (χ3n) is 9.87. The molecular weight excluding hydrogens is 710 g/mol. The molecule has 2 aromatic carbocycles. The number of hydrogen-bond donors (Lipinski definition) is 3. The Kier molecular flexibility index (Phi) is 10.1. The number of nitrogens with one attached hydrogen (secondary N) is 3. The second-order valence-electron chi connectivity index (χ2n) is 14.7. The van der Waals surface area contributed by atoms with Gasteiger partial charge in [0.1, 0.15) is 35.2 Å². The Hall–Kier alpha value is -4.56. The zero-order valence-corrected chi connectivity index (χ0v) is 31.3. The van der Waals surface area contributed by atoms with Crippen LogP contribution in [0.25, 0.3) is 10.8 Å². The van der Waals surface area contributed by atoms with Crippen molar-refractivity contribution in [2.45, 2.75) is 75.4 Å². The number of aromatic nitrogens is 1. The first-order valence-corrected chi connectivity index (χ1v) is 19.0. The fourth-order valence-electron chi connectivity index (χ4n) is 6.67. The maximum Gasteiger partial charge on any atom is 0.259 e. The lowest BCUT2D eigenvalue weighted by atomic mass is 9.85. The zero-order valence-electron chi connectivity index (χ0n) is 29.8. The van der Waals surface area contributed by atoms with E-state index in [1.54, 1.807) is 43.5 Å². The molecule has 0 radical (unpaired) electrons. The molecule has 6 rings (SSSR count). The molecule has 15 heteroatoms. The molecule has 3 aromatic rings. The molecular formula is C37H44ClN5O8S. The number of amides is 3. The predicted molar refractivity (Wildman–Crippen MR) is 197 cm³/mol. The molecule has 3 fully saturated rings. The first-order chi connectivity index (χ1) is 24.6. The second kappa shape index (κ2) is 14.1. The van der Waals surface area contributed by atoms with Gasteiger partial charge in [0, 0.05) is 39.9 Å². The standard InChI is InChI=1S/C37H44ClN5O8S/c1-7-21-18-37(21,35(46)42-52(47,48)26-12-13-26)41-32(44)29-17-25(51-33-28-15-22(38)11-14-27(28)30(50-6)19-39-33)20-43(29)34(45)31(36(2,3)4)40-23-9-8-10-24(16-23)49-5/h7-11,14-16,19,21,25-26,29,31,40H,1,12-13,17-18,20H2,2-6H3,(H,41,44)(H,42,46)/t21-,25-,29+,31+,37-/m1/s1. The normalized spacial score (nSPS) is 23.3. The van der Waals surface area contributed by atoms with Gasteiger partial charge in [-0.15, -0.1) is 6.58 Å². The molecule has 278 valence electrons. The Morgan fingerprint density at radius 1 is 1.10 bits per heavy atom. The molecule has 3 amide bonds. The van der Waals surface area contributed by atoms with Gasteiger partial charge in [0.15, 0.2) is 0 Å². The monoisotopic (exact) mass is 753 g/mol. The van der Waals surface area contributed by atoms with Gasteiger partial charge < -0.3 is 29.7 Å². The summed E-state index contributed by atoms with van der Waals surface area (Å²) in [6, 6.07) is 10.5. The van der Waals surface area contributed by atoms with E-state index in [2.05, 4.69) is 26.9 Å². The van der Waals surface area contributed by atoms with E-state index in [-0.39, 0.29) is 31.2 Å². The second-order valence-corrected chi connectivity index (χ2v) is 17.1. The summed E-state index contributed by atoms with van der Waals surface area (Å²) in [6.07, 6.45) is 3.51. The lowest BCUT2D eigenvalue weighted by molar-refractivity contribution is -0.141. The number of pyridine rings is 1. The van der Waals surface area contributed by atoms with Gasteiger partial charge in [-0.1, -0.05) is 44.5 Å². The van der Waals surface area contributed by atoms with Crippen LogP contribution in [0.2, 0.25) is 5.02 Å². The number of hydrogen-bond acceptors (Lipinski definition) is 10. The van der Waals surface area contributed by atoms with Gasteiger partial charge in [0.25, 0.3) is 5.91 Å². The minimum absolute atomic E-state index is 0.0131. The van der Waals surface area contributed by atoms with Crippen LogP contribution in [-0.4, -0.2) is 85.8 Å².